The summed E-state index contributed by atoms with van der Waals surface area (Å²) in [6, 6.07) is 7.16. The molecule has 18 heavy (non-hydrogen) atoms. The largest absolute Gasteiger partial charge is 0.320 e. The smallest absolute Gasteiger partial charge is 0.257 e. The Balaban J connectivity index is 2.28. The van der Waals surface area contributed by atoms with E-state index in [4.69, 9.17) is 0 Å². The van der Waals surface area contributed by atoms with E-state index < -0.39 is 0 Å². The molecule has 0 aliphatic rings. The topological polar surface area (TPSA) is 42.0 Å². The minimum absolute atomic E-state index is 0.202. The second kappa shape index (κ2) is 5.95. The first-order chi connectivity index (χ1) is 8.58. The van der Waals surface area contributed by atoms with Crippen molar-refractivity contribution in [2.24, 2.45) is 0 Å². The zero-order chi connectivity index (χ0) is 13.1. The second-order valence-electron chi connectivity index (χ2n) is 3.44. The molecule has 0 bridgehead atoms. The lowest BCUT2D eigenvalue weighted by atomic mass is 10.2. The van der Waals surface area contributed by atoms with E-state index in [9.17, 15) is 4.79 Å². The van der Waals surface area contributed by atoms with Crippen LogP contribution in [0.25, 0.3) is 0 Å². The molecule has 92 valence electrons. The Labute approximate surface area is 129 Å². The number of rotatable bonds is 2. The van der Waals surface area contributed by atoms with Gasteiger partial charge in [0, 0.05) is 25.8 Å². The van der Waals surface area contributed by atoms with Crippen molar-refractivity contribution in [3.05, 3.63) is 55.6 Å². The molecule has 3 nitrogen and oxygen atoms in total. The first-order valence-corrected chi connectivity index (χ1v) is 7.32. The number of nitrogens with zero attached hydrogens (tertiary/aromatic N) is 1. The van der Waals surface area contributed by atoms with E-state index in [0.29, 0.717) is 11.3 Å². The van der Waals surface area contributed by atoms with Gasteiger partial charge in [-0.2, -0.15) is 0 Å². The molecule has 2 rings (SSSR count). The SMILES string of the molecule is O=C(Nc1c(Br)cc(Br)cc1Br)c1cccnc1. The maximum absolute atomic E-state index is 12.0. The first-order valence-electron chi connectivity index (χ1n) is 4.94. The third-order valence-corrected chi connectivity index (χ3v) is 3.88. The van der Waals surface area contributed by atoms with Crippen molar-refractivity contribution in [1.29, 1.82) is 0 Å². The van der Waals surface area contributed by atoms with Crippen molar-refractivity contribution < 1.29 is 4.79 Å². The summed E-state index contributed by atoms with van der Waals surface area (Å²) in [6.45, 7) is 0. The highest BCUT2D eigenvalue weighted by Crippen LogP contribution is 2.34. The van der Waals surface area contributed by atoms with E-state index in [2.05, 4.69) is 58.1 Å². The summed E-state index contributed by atoms with van der Waals surface area (Å²) in [5.41, 5.74) is 1.20. The van der Waals surface area contributed by atoms with Crippen molar-refractivity contribution in [2.45, 2.75) is 0 Å². The van der Waals surface area contributed by atoms with Gasteiger partial charge in [0.1, 0.15) is 0 Å². The van der Waals surface area contributed by atoms with E-state index in [1.807, 2.05) is 12.1 Å². The molecule has 0 fully saturated rings. The molecule has 2 aromatic rings. The Morgan fingerprint density at radius 1 is 1.17 bits per heavy atom. The fourth-order valence-electron chi connectivity index (χ4n) is 1.34. The summed E-state index contributed by atoms with van der Waals surface area (Å²) in [5.74, 6) is -0.202. The van der Waals surface area contributed by atoms with Crippen LogP contribution in [-0.4, -0.2) is 10.9 Å². The Kier molecular flexibility index (Phi) is 4.53. The second-order valence-corrected chi connectivity index (χ2v) is 6.06. The quantitative estimate of drug-likeness (QED) is 0.749. The van der Waals surface area contributed by atoms with Gasteiger partial charge >= 0.3 is 0 Å². The summed E-state index contributed by atoms with van der Waals surface area (Å²) >= 11 is 10.2. The molecule has 0 saturated carbocycles. The van der Waals surface area contributed by atoms with Crippen LogP contribution in [0.1, 0.15) is 10.4 Å². The fraction of sp³-hybridized carbons (Fsp3) is 0. The maximum atomic E-state index is 12.0. The van der Waals surface area contributed by atoms with Gasteiger partial charge < -0.3 is 5.32 Å². The van der Waals surface area contributed by atoms with E-state index >= 15 is 0 Å². The van der Waals surface area contributed by atoms with Crippen LogP contribution < -0.4 is 5.32 Å². The molecule has 0 aliphatic heterocycles. The number of hydrogen-bond acceptors (Lipinski definition) is 2. The normalized spacial score (nSPS) is 10.2. The predicted molar refractivity (Wildman–Crippen MR) is 81.7 cm³/mol. The predicted octanol–water partition coefficient (Wildman–Crippen LogP) is 4.62. The van der Waals surface area contributed by atoms with Crippen LogP contribution in [0.3, 0.4) is 0 Å². The van der Waals surface area contributed by atoms with Crippen LogP contribution in [0.5, 0.6) is 0 Å². The number of aromatic nitrogens is 1. The van der Waals surface area contributed by atoms with Gasteiger partial charge in [0.2, 0.25) is 0 Å². The number of nitrogens with one attached hydrogen (secondary N) is 1. The van der Waals surface area contributed by atoms with Crippen LogP contribution in [0.4, 0.5) is 5.69 Å². The number of benzene rings is 1. The van der Waals surface area contributed by atoms with Gasteiger partial charge in [-0.1, -0.05) is 15.9 Å². The molecule has 6 heteroatoms. The highest BCUT2D eigenvalue weighted by Gasteiger charge is 2.11. The molecule has 0 spiro atoms. The van der Waals surface area contributed by atoms with Crippen molar-refractivity contribution in [1.82, 2.24) is 4.98 Å². The van der Waals surface area contributed by atoms with Crippen LogP contribution in [-0.2, 0) is 0 Å². The van der Waals surface area contributed by atoms with Crippen LogP contribution in [0.15, 0.2) is 50.1 Å². The van der Waals surface area contributed by atoms with Gasteiger partial charge in [-0.05, 0) is 56.1 Å². The Hall–Kier alpha value is -0.720. The van der Waals surface area contributed by atoms with Crippen molar-refractivity contribution >= 4 is 59.4 Å². The van der Waals surface area contributed by atoms with Crippen molar-refractivity contribution in [3.63, 3.8) is 0 Å². The summed E-state index contributed by atoms with van der Waals surface area (Å²) in [4.78, 5) is 15.9. The van der Waals surface area contributed by atoms with Gasteiger partial charge in [0.25, 0.3) is 5.91 Å². The van der Waals surface area contributed by atoms with E-state index in [0.717, 1.165) is 13.4 Å². The third kappa shape index (κ3) is 3.18. The van der Waals surface area contributed by atoms with E-state index in [1.54, 1.807) is 18.3 Å². The standard InChI is InChI=1S/C12H7Br3N2O/c13-8-4-9(14)11(10(15)5-8)17-12(18)7-2-1-3-16-6-7/h1-6H,(H,17,18). The Morgan fingerprint density at radius 3 is 2.39 bits per heavy atom. The van der Waals surface area contributed by atoms with Crippen LogP contribution in [0, 0.1) is 0 Å². The average Bonchev–Trinajstić information content (AvgIpc) is 2.34. The minimum atomic E-state index is -0.202. The molecular formula is C12H7Br3N2O. The molecular weight excluding hydrogens is 428 g/mol. The number of amides is 1. The van der Waals surface area contributed by atoms with Crippen molar-refractivity contribution in [3.8, 4) is 0 Å². The fourth-order valence-corrected chi connectivity index (χ4v) is 3.80. The minimum Gasteiger partial charge on any atom is -0.320 e. The van der Waals surface area contributed by atoms with Crippen LogP contribution in [0.2, 0.25) is 0 Å². The number of halogens is 3. The first kappa shape index (κ1) is 13.7. The monoisotopic (exact) mass is 432 g/mol. The van der Waals surface area contributed by atoms with E-state index in [1.165, 1.54) is 6.20 Å². The van der Waals surface area contributed by atoms with Gasteiger partial charge in [-0.3, -0.25) is 9.78 Å². The molecule has 0 atom stereocenters. The molecule has 0 saturated heterocycles. The van der Waals surface area contributed by atoms with Gasteiger partial charge in [-0.25, -0.2) is 0 Å². The third-order valence-electron chi connectivity index (χ3n) is 2.17. The Bertz CT molecular complexity index is 564. The lowest BCUT2D eigenvalue weighted by molar-refractivity contribution is 0.102. The van der Waals surface area contributed by atoms with Gasteiger partial charge in [0.15, 0.2) is 0 Å². The molecule has 1 aromatic heterocycles. The lowest BCUT2D eigenvalue weighted by Crippen LogP contribution is -2.12. The number of pyridine rings is 1. The molecule has 0 aliphatic carbocycles. The van der Waals surface area contributed by atoms with Crippen molar-refractivity contribution in [2.75, 3.05) is 5.32 Å². The Morgan fingerprint density at radius 2 is 1.83 bits per heavy atom. The maximum Gasteiger partial charge on any atom is 0.257 e. The molecule has 1 aromatic carbocycles. The molecule has 0 radical (unpaired) electrons. The van der Waals surface area contributed by atoms with Crippen LogP contribution >= 0.6 is 47.8 Å². The molecule has 1 amide bonds. The summed E-state index contributed by atoms with van der Waals surface area (Å²) in [5, 5.41) is 2.83. The summed E-state index contributed by atoms with van der Waals surface area (Å²) in [6.07, 6.45) is 3.15. The summed E-state index contributed by atoms with van der Waals surface area (Å²) < 4.78 is 2.50. The van der Waals surface area contributed by atoms with E-state index in [-0.39, 0.29) is 5.91 Å². The number of hydrogen-bond donors (Lipinski definition) is 1. The molecule has 1 heterocycles. The van der Waals surface area contributed by atoms with Gasteiger partial charge in [-0.15, -0.1) is 0 Å². The highest BCUT2D eigenvalue weighted by atomic mass is 79.9. The number of anilines is 1. The summed E-state index contributed by atoms with van der Waals surface area (Å²) in [7, 11) is 0. The van der Waals surface area contributed by atoms with Gasteiger partial charge in [0.05, 0.1) is 11.3 Å². The molecule has 0 unspecified atom stereocenters. The number of carbonyl (C=O) groups excluding carboxylic acids is 1. The molecule has 1 N–H and O–H groups in total. The number of carbonyl (C=O) groups is 1. The highest BCUT2D eigenvalue weighted by molar-refractivity contribution is 9.11. The zero-order valence-electron chi connectivity index (χ0n) is 8.95. The lowest BCUT2D eigenvalue weighted by Gasteiger charge is -2.10. The zero-order valence-corrected chi connectivity index (χ0v) is 13.7. The average molecular weight is 435 g/mol.